The van der Waals surface area contributed by atoms with Crippen molar-refractivity contribution in [2.24, 2.45) is 0 Å². The summed E-state index contributed by atoms with van der Waals surface area (Å²) in [6, 6.07) is 18.7. The van der Waals surface area contributed by atoms with Gasteiger partial charge in [0.2, 0.25) is 0 Å². The van der Waals surface area contributed by atoms with Crippen LogP contribution in [0.1, 0.15) is 36.1 Å². The first-order valence-corrected chi connectivity index (χ1v) is 14.9. The number of aryl methyl sites for hydroxylation is 2. The third kappa shape index (κ3) is 7.55. The predicted molar refractivity (Wildman–Crippen MR) is 154 cm³/mol. The Hall–Kier alpha value is -4.11. The van der Waals surface area contributed by atoms with Crippen LogP contribution in [-0.2, 0) is 34.2 Å². The van der Waals surface area contributed by atoms with Crippen molar-refractivity contribution in [1.29, 1.82) is 0 Å². The molecule has 6 nitrogen and oxygen atoms in total. The van der Waals surface area contributed by atoms with Crippen molar-refractivity contribution in [2.75, 3.05) is 14.2 Å². The van der Waals surface area contributed by atoms with E-state index in [2.05, 4.69) is 0 Å². The van der Waals surface area contributed by atoms with Crippen LogP contribution in [-0.4, -0.2) is 22.6 Å². The van der Waals surface area contributed by atoms with E-state index in [0.29, 0.717) is 23.0 Å². The molecule has 0 amide bonds. The van der Waals surface area contributed by atoms with Gasteiger partial charge in [0.25, 0.3) is 0 Å². The van der Waals surface area contributed by atoms with E-state index in [0.717, 1.165) is 36.1 Å². The van der Waals surface area contributed by atoms with E-state index in [4.69, 9.17) is 18.9 Å². The third-order valence-corrected chi connectivity index (χ3v) is 8.02. The second-order valence-corrected chi connectivity index (χ2v) is 11.5. The van der Waals surface area contributed by atoms with E-state index in [1.165, 1.54) is 38.5 Å². The number of halogens is 2. The van der Waals surface area contributed by atoms with Gasteiger partial charge in [-0.3, -0.25) is 0 Å². The summed E-state index contributed by atoms with van der Waals surface area (Å²) in [5, 5.41) is 0. The lowest BCUT2D eigenvalue weighted by Crippen LogP contribution is -2.08. The average molecular weight is 583 g/mol. The molecule has 0 bridgehead atoms. The van der Waals surface area contributed by atoms with Gasteiger partial charge in [0.05, 0.1) is 25.7 Å². The quantitative estimate of drug-likeness (QED) is 0.170. The fourth-order valence-corrected chi connectivity index (χ4v) is 5.74. The van der Waals surface area contributed by atoms with Gasteiger partial charge in [-0.1, -0.05) is 38.1 Å². The van der Waals surface area contributed by atoms with E-state index >= 15 is 0 Å². The SMILES string of the molecule is CCc1ccc(Oc2ccc(CS(=O)(=O)Cc3ccc(Oc4ccc(CC)cc4OC)c(F)c3)cc2F)c(OC)c1. The predicted octanol–water partition coefficient (Wildman–Crippen LogP) is 7.81. The maximum absolute atomic E-state index is 14.9. The number of sulfone groups is 1. The van der Waals surface area contributed by atoms with Crippen LogP contribution >= 0.6 is 0 Å². The first kappa shape index (κ1) is 29.9. The molecular weight excluding hydrogens is 550 g/mol. The van der Waals surface area contributed by atoms with Crippen molar-refractivity contribution in [3.8, 4) is 34.5 Å². The van der Waals surface area contributed by atoms with Crippen molar-refractivity contribution >= 4 is 9.84 Å². The molecular formula is C32H32F2O6S. The van der Waals surface area contributed by atoms with Gasteiger partial charge in [0.1, 0.15) is 0 Å². The molecule has 0 aromatic heterocycles. The Kier molecular flexibility index (Phi) is 9.50. The van der Waals surface area contributed by atoms with E-state index in [-0.39, 0.29) is 22.6 Å². The van der Waals surface area contributed by atoms with Crippen molar-refractivity contribution in [3.63, 3.8) is 0 Å². The number of rotatable bonds is 12. The summed E-state index contributed by atoms with van der Waals surface area (Å²) >= 11 is 0. The molecule has 4 aromatic rings. The molecule has 41 heavy (non-hydrogen) atoms. The lowest BCUT2D eigenvalue weighted by molar-refractivity contribution is 0.370. The molecule has 0 unspecified atom stereocenters. The van der Waals surface area contributed by atoms with Gasteiger partial charge >= 0.3 is 0 Å². The van der Waals surface area contributed by atoms with Crippen LogP contribution in [0.2, 0.25) is 0 Å². The number of benzene rings is 4. The standard InChI is InChI=1S/C32H32F2O6S/c1-5-21-7-13-29(31(17-21)37-3)39-27-11-9-23(15-25(27)33)19-41(35,36)20-24-10-12-28(26(34)16-24)40-30-14-8-22(6-2)18-32(30)38-4/h7-18H,5-6,19-20H2,1-4H3. The van der Waals surface area contributed by atoms with Gasteiger partial charge in [0, 0.05) is 0 Å². The molecule has 4 rings (SSSR count). The smallest absolute Gasteiger partial charge is 0.169 e. The highest BCUT2D eigenvalue weighted by Gasteiger charge is 2.18. The molecule has 4 aromatic carbocycles. The van der Waals surface area contributed by atoms with Crippen LogP contribution in [0.4, 0.5) is 8.78 Å². The monoisotopic (exact) mass is 582 g/mol. The van der Waals surface area contributed by atoms with Crippen molar-refractivity contribution in [1.82, 2.24) is 0 Å². The Bertz CT molecular complexity index is 1520. The second kappa shape index (κ2) is 13.0. The average Bonchev–Trinajstić information content (AvgIpc) is 2.95. The summed E-state index contributed by atoms with van der Waals surface area (Å²) in [6.07, 6.45) is 1.61. The molecule has 0 spiro atoms. The Morgan fingerprint density at radius 1 is 0.537 bits per heavy atom. The first-order valence-electron chi connectivity index (χ1n) is 13.1. The summed E-state index contributed by atoms with van der Waals surface area (Å²) in [6.45, 7) is 4.01. The number of methoxy groups -OCH3 is 2. The minimum Gasteiger partial charge on any atom is -0.493 e. The molecule has 9 heteroatoms. The highest BCUT2D eigenvalue weighted by Crippen LogP contribution is 2.35. The highest BCUT2D eigenvalue weighted by atomic mass is 32.2. The van der Waals surface area contributed by atoms with Crippen LogP contribution in [0.3, 0.4) is 0 Å². The lowest BCUT2D eigenvalue weighted by atomic mass is 10.1. The van der Waals surface area contributed by atoms with Crippen LogP contribution in [0, 0.1) is 11.6 Å². The second-order valence-electron chi connectivity index (χ2n) is 9.44. The summed E-state index contributed by atoms with van der Waals surface area (Å²) < 4.78 is 77.6. The molecule has 0 heterocycles. The van der Waals surface area contributed by atoms with Crippen molar-refractivity contribution in [2.45, 2.75) is 38.2 Å². The van der Waals surface area contributed by atoms with Crippen LogP contribution in [0.25, 0.3) is 0 Å². The molecule has 0 saturated carbocycles. The molecule has 0 saturated heterocycles. The highest BCUT2D eigenvalue weighted by molar-refractivity contribution is 7.89. The van der Waals surface area contributed by atoms with Gasteiger partial charge < -0.3 is 18.9 Å². The fourth-order valence-electron chi connectivity index (χ4n) is 4.26. The van der Waals surface area contributed by atoms with Gasteiger partial charge in [-0.05, 0) is 83.6 Å². The largest absolute Gasteiger partial charge is 0.493 e. The van der Waals surface area contributed by atoms with Crippen molar-refractivity contribution < 1.29 is 36.1 Å². The molecule has 0 radical (unpaired) electrons. The number of hydrogen-bond acceptors (Lipinski definition) is 6. The van der Waals surface area contributed by atoms with E-state index in [1.807, 2.05) is 38.1 Å². The number of ether oxygens (including phenoxy) is 4. The zero-order chi connectivity index (χ0) is 29.6. The van der Waals surface area contributed by atoms with E-state index in [9.17, 15) is 17.2 Å². The lowest BCUT2D eigenvalue weighted by Gasteiger charge is -2.13. The van der Waals surface area contributed by atoms with Gasteiger partial charge in [-0.2, -0.15) is 0 Å². The van der Waals surface area contributed by atoms with Crippen LogP contribution < -0.4 is 18.9 Å². The van der Waals surface area contributed by atoms with Gasteiger partial charge in [-0.25, -0.2) is 17.2 Å². The topological polar surface area (TPSA) is 71.1 Å². The molecule has 0 aliphatic heterocycles. The van der Waals surface area contributed by atoms with Gasteiger partial charge in [0.15, 0.2) is 56.0 Å². The molecule has 0 atom stereocenters. The Morgan fingerprint density at radius 2 is 0.902 bits per heavy atom. The Morgan fingerprint density at radius 3 is 1.24 bits per heavy atom. The maximum atomic E-state index is 14.9. The van der Waals surface area contributed by atoms with Crippen LogP contribution in [0.5, 0.6) is 34.5 Å². The molecule has 0 fully saturated rings. The normalized spacial score (nSPS) is 11.3. The minimum atomic E-state index is -3.76. The Labute approximate surface area is 239 Å². The summed E-state index contributed by atoms with van der Waals surface area (Å²) in [5.74, 6) is -0.799. The minimum absolute atomic E-state index is 0.0627. The summed E-state index contributed by atoms with van der Waals surface area (Å²) in [5.41, 5.74) is 2.57. The summed E-state index contributed by atoms with van der Waals surface area (Å²) in [4.78, 5) is 0. The molecule has 0 aliphatic rings. The molecule has 0 N–H and O–H groups in total. The molecule has 216 valence electrons. The fraction of sp³-hybridized carbons (Fsp3) is 0.250. The van der Waals surface area contributed by atoms with Crippen molar-refractivity contribution in [3.05, 3.63) is 107 Å². The van der Waals surface area contributed by atoms with E-state index < -0.39 is 33.0 Å². The Balaban J connectivity index is 1.44. The summed E-state index contributed by atoms with van der Waals surface area (Å²) in [7, 11) is -0.755. The zero-order valence-electron chi connectivity index (χ0n) is 23.4. The maximum Gasteiger partial charge on any atom is 0.169 e. The first-order chi connectivity index (χ1) is 19.6. The van der Waals surface area contributed by atoms with Gasteiger partial charge in [-0.15, -0.1) is 0 Å². The van der Waals surface area contributed by atoms with Crippen LogP contribution in [0.15, 0.2) is 72.8 Å². The van der Waals surface area contributed by atoms with E-state index in [1.54, 1.807) is 12.1 Å². The third-order valence-electron chi connectivity index (χ3n) is 6.48. The number of hydrogen-bond donors (Lipinski definition) is 0. The molecule has 0 aliphatic carbocycles. The zero-order valence-corrected chi connectivity index (χ0v) is 24.2.